The molecule has 0 bridgehead atoms. The normalized spacial score (nSPS) is 30.7. The average molecular weight is 478 g/mol. The molecule has 1 saturated carbocycles. The van der Waals surface area contributed by atoms with Crippen LogP contribution < -0.4 is 5.32 Å². The third kappa shape index (κ3) is 5.61. The summed E-state index contributed by atoms with van der Waals surface area (Å²) in [5, 5.41) is 3.48. The summed E-state index contributed by atoms with van der Waals surface area (Å²) in [5.41, 5.74) is 1.91. The van der Waals surface area contributed by atoms with Crippen LogP contribution in [0.3, 0.4) is 0 Å². The van der Waals surface area contributed by atoms with Crippen LogP contribution >= 0.6 is 0 Å². The van der Waals surface area contributed by atoms with Crippen molar-refractivity contribution in [3.8, 4) is 0 Å². The molecule has 1 N–H and O–H groups in total. The average Bonchev–Trinajstić information content (AvgIpc) is 3.26. The van der Waals surface area contributed by atoms with E-state index in [1.54, 1.807) is 6.92 Å². The second-order valence-corrected chi connectivity index (χ2v) is 10.5. The van der Waals surface area contributed by atoms with Crippen molar-refractivity contribution in [2.45, 2.75) is 71.1 Å². The molecule has 1 aliphatic heterocycles. The van der Waals surface area contributed by atoms with Gasteiger partial charge in [-0.05, 0) is 48.6 Å². The lowest BCUT2D eigenvalue weighted by Crippen LogP contribution is -2.39. The Labute approximate surface area is 209 Å². The standard InChI is InChI=1S/C30H39NO4/c1-5-34-30(33)28-25(21-12-8-6-9-13-21)26(27(31-28)22-14-10-7-11-15-22)29(32)35-24-18-20(4)16-17-23(24)19(2)3/h6-15,19-20,23-28,31H,5,16-18H2,1-4H3/t20-,23+,24-,25+,26+,27-,28-/m0/s1. The third-order valence-electron chi connectivity index (χ3n) is 7.85. The zero-order chi connectivity index (χ0) is 24.9. The molecule has 5 nitrogen and oxygen atoms in total. The summed E-state index contributed by atoms with van der Waals surface area (Å²) in [6.07, 6.45) is 3.05. The van der Waals surface area contributed by atoms with Gasteiger partial charge in [-0.25, -0.2) is 0 Å². The first kappa shape index (κ1) is 25.4. The van der Waals surface area contributed by atoms with E-state index in [-0.39, 0.29) is 30.0 Å². The highest BCUT2D eigenvalue weighted by Gasteiger charge is 2.52. The van der Waals surface area contributed by atoms with Gasteiger partial charge in [-0.2, -0.15) is 0 Å². The Morgan fingerprint density at radius 2 is 1.57 bits per heavy atom. The van der Waals surface area contributed by atoms with E-state index >= 15 is 0 Å². The van der Waals surface area contributed by atoms with E-state index in [2.05, 4.69) is 26.1 Å². The Balaban J connectivity index is 1.72. The molecule has 2 aliphatic rings. The van der Waals surface area contributed by atoms with Crippen molar-refractivity contribution in [3.63, 3.8) is 0 Å². The number of benzene rings is 2. The van der Waals surface area contributed by atoms with Crippen molar-refractivity contribution in [1.82, 2.24) is 5.32 Å². The van der Waals surface area contributed by atoms with Gasteiger partial charge >= 0.3 is 11.9 Å². The monoisotopic (exact) mass is 477 g/mol. The van der Waals surface area contributed by atoms with Gasteiger partial charge in [0.05, 0.1) is 12.5 Å². The summed E-state index contributed by atoms with van der Waals surface area (Å²) in [6.45, 7) is 8.77. The maximum atomic E-state index is 14.1. The fourth-order valence-corrected chi connectivity index (χ4v) is 6.06. The Bertz CT molecular complexity index is 976. The summed E-state index contributed by atoms with van der Waals surface area (Å²) in [5.74, 6) is -0.141. The van der Waals surface area contributed by atoms with Crippen LogP contribution in [0.4, 0.5) is 0 Å². The number of hydrogen-bond donors (Lipinski definition) is 1. The van der Waals surface area contributed by atoms with Crippen molar-refractivity contribution >= 4 is 11.9 Å². The molecule has 2 aromatic rings. The minimum atomic E-state index is -0.633. The van der Waals surface area contributed by atoms with Gasteiger partial charge in [0, 0.05) is 12.0 Å². The van der Waals surface area contributed by atoms with E-state index in [1.165, 1.54) is 6.42 Å². The molecular formula is C30H39NO4. The van der Waals surface area contributed by atoms with Gasteiger partial charge in [0.2, 0.25) is 0 Å². The van der Waals surface area contributed by atoms with Crippen LogP contribution in [0.5, 0.6) is 0 Å². The van der Waals surface area contributed by atoms with Crippen LogP contribution in [0.1, 0.15) is 70.0 Å². The quantitative estimate of drug-likeness (QED) is 0.521. The highest BCUT2D eigenvalue weighted by molar-refractivity contribution is 5.83. The molecule has 7 atom stereocenters. The maximum Gasteiger partial charge on any atom is 0.323 e. The van der Waals surface area contributed by atoms with E-state index in [9.17, 15) is 9.59 Å². The third-order valence-corrected chi connectivity index (χ3v) is 7.85. The summed E-state index contributed by atoms with van der Waals surface area (Å²) in [7, 11) is 0. The fraction of sp³-hybridized carbons (Fsp3) is 0.533. The number of hydrogen-bond acceptors (Lipinski definition) is 5. The van der Waals surface area contributed by atoms with Crippen molar-refractivity contribution < 1.29 is 19.1 Å². The van der Waals surface area contributed by atoms with Gasteiger partial charge in [0.1, 0.15) is 12.1 Å². The zero-order valence-corrected chi connectivity index (χ0v) is 21.4. The van der Waals surface area contributed by atoms with Gasteiger partial charge in [-0.3, -0.25) is 14.9 Å². The fourth-order valence-electron chi connectivity index (χ4n) is 6.06. The molecule has 4 rings (SSSR count). The first-order chi connectivity index (χ1) is 16.9. The SMILES string of the molecule is CCOC(=O)[C@H]1N[C@@H](c2ccccc2)[C@H](C(=O)O[C@H]2C[C@@H](C)CC[C@@H]2C(C)C)[C@H]1c1ccccc1. The molecule has 0 spiro atoms. The molecule has 2 fully saturated rings. The summed E-state index contributed by atoms with van der Waals surface area (Å²) in [6, 6.07) is 18.8. The molecule has 1 saturated heterocycles. The van der Waals surface area contributed by atoms with Crippen LogP contribution in [-0.2, 0) is 19.1 Å². The second-order valence-electron chi connectivity index (χ2n) is 10.5. The molecule has 2 aromatic carbocycles. The van der Waals surface area contributed by atoms with Crippen LogP contribution in [-0.4, -0.2) is 30.7 Å². The predicted octanol–water partition coefficient (Wildman–Crippen LogP) is 5.67. The lowest BCUT2D eigenvalue weighted by molar-refractivity contribution is -0.162. The van der Waals surface area contributed by atoms with E-state index in [0.717, 1.165) is 24.0 Å². The van der Waals surface area contributed by atoms with E-state index < -0.39 is 12.0 Å². The van der Waals surface area contributed by atoms with Crippen LogP contribution in [0.15, 0.2) is 60.7 Å². The van der Waals surface area contributed by atoms with Gasteiger partial charge in [0.15, 0.2) is 0 Å². The van der Waals surface area contributed by atoms with Crippen LogP contribution in [0, 0.1) is 23.7 Å². The molecule has 1 aliphatic carbocycles. The minimum Gasteiger partial charge on any atom is -0.465 e. The molecule has 188 valence electrons. The topological polar surface area (TPSA) is 64.6 Å². The summed E-state index contributed by atoms with van der Waals surface area (Å²) in [4.78, 5) is 27.2. The smallest absolute Gasteiger partial charge is 0.323 e. The lowest BCUT2D eigenvalue weighted by atomic mass is 9.75. The van der Waals surface area contributed by atoms with Crippen LogP contribution in [0.2, 0.25) is 0 Å². The Morgan fingerprint density at radius 1 is 0.943 bits per heavy atom. The molecule has 0 aromatic heterocycles. The first-order valence-electron chi connectivity index (χ1n) is 13.1. The van der Waals surface area contributed by atoms with Crippen LogP contribution in [0.25, 0.3) is 0 Å². The first-order valence-corrected chi connectivity index (χ1v) is 13.1. The maximum absolute atomic E-state index is 14.1. The highest BCUT2D eigenvalue weighted by atomic mass is 16.5. The minimum absolute atomic E-state index is 0.0965. The molecule has 1 heterocycles. The van der Waals surface area contributed by atoms with Gasteiger partial charge < -0.3 is 9.47 Å². The van der Waals surface area contributed by atoms with Crippen molar-refractivity contribution in [2.75, 3.05) is 6.61 Å². The van der Waals surface area contributed by atoms with E-state index in [0.29, 0.717) is 24.4 Å². The Morgan fingerprint density at radius 3 is 2.17 bits per heavy atom. The number of carbonyl (C=O) groups is 2. The molecule has 5 heteroatoms. The van der Waals surface area contributed by atoms with Gasteiger partial charge in [0.25, 0.3) is 0 Å². The van der Waals surface area contributed by atoms with E-state index in [4.69, 9.17) is 9.47 Å². The summed E-state index contributed by atoms with van der Waals surface area (Å²) < 4.78 is 11.8. The second kappa shape index (κ2) is 11.4. The number of esters is 2. The molecule has 0 amide bonds. The molecule has 35 heavy (non-hydrogen) atoms. The van der Waals surface area contributed by atoms with Crippen molar-refractivity contribution in [3.05, 3.63) is 71.8 Å². The van der Waals surface area contributed by atoms with Crippen molar-refractivity contribution in [2.24, 2.45) is 23.7 Å². The molecule has 0 radical (unpaired) electrons. The summed E-state index contributed by atoms with van der Waals surface area (Å²) >= 11 is 0. The highest BCUT2D eigenvalue weighted by Crippen LogP contribution is 2.45. The molecule has 0 unspecified atom stereocenters. The van der Waals surface area contributed by atoms with E-state index in [1.807, 2.05) is 60.7 Å². The largest absolute Gasteiger partial charge is 0.465 e. The number of carbonyl (C=O) groups excluding carboxylic acids is 2. The Kier molecular flexibility index (Phi) is 8.27. The molecular weight excluding hydrogens is 438 g/mol. The van der Waals surface area contributed by atoms with Gasteiger partial charge in [-0.15, -0.1) is 0 Å². The predicted molar refractivity (Wildman–Crippen MR) is 137 cm³/mol. The van der Waals surface area contributed by atoms with Crippen molar-refractivity contribution in [1.29, 1.82) is 0 Å². The lowest BCUT2D eigenvalue weighted by Gasteiger charge is -2.38. The number of ether oxygens (including phenoxy) is 2. The number of rotatable bonds is 7. The Hall–Kier alpha value is -2.66. The van der Waals surface area contributed by atoms with Gasteiger partial charge in [-0.1, -0.05) is 87.9 Å². The number of nitrogens with one attached hydrogen (secondary N) is 1. The zero-order valence-electron chi connectivity index (χ0n) is 21.4.